The Bertz CT molecular complexity index is 642. The van der Waals surface area contributed by atoms with Crippen LogP contribution in [0.2, 0.25) is 5.02 Å². The van der Waals surface area contributed by atoms with Crippen molar-refractivity contribution in [2.45, 2.75) is 38.6 Å². The average Bonchev–Trinajstić information content (AvgIpc) is 2.35. The Morgan fingerprint density at radius 1 is 1.35 bits per heavy atom. The van der Waals surface area contributed by atoms with Gasteiger partial charge in [-0.2, -0.15) is 9.57 Å². The summed E-state index contributed by atoms with van der Waals surface area (Å²) in [7, 11) is -2.14. The second kappa shape index (κ2) is 5.72. The molecule has 0 spiro atoms. The molecular weight excluding hydrogens is 296 g/mol. The monoisotopic (exact) mass is 314 g/mol. The SMILES string of the molecule is CC(N(C)S(=O)(=O)c1ccc(C#N)cc1Cl)C(C)(C)C. The predicted octanol–water partition coefficient (Wildman–Crippen LogP) is 3.27. The van der Waals surface area contributed by atoms with Gasteiger partial charge in [0.1, 0.15) is 4.90 Å². The Kier molecular flexibility index (Phi) is 4.86. The van der Waals surface area contributed by atoms with Gasteiger partial charge in [0.2, 0.25) is 10.0 Å². The summed E-state index contributed by atoms with van der Waals surface area (Å²) in [6, 6.07) is 5.93. The first-order chi connectivity index (χ1) is 9.01. The zero-order chi connectivity index (χ0) is 15.7. The van der Waals surface area contributed by atoms with Crippen LogP contribution >= 0.6 is 11.6 Å². The Morgan fingerprint density at radius 3 is 2.30 bits per heavy atom. The van der Waals surface area contributed by atoms with Crippen molar-refractivity contribution in [2.75, 3.05) is 7.05 Å². The molecule has 0 amide bonds. The first kappa shape index (κ1) is 17.0. The molecule has 4 nitrogen and oxygen atoms in total. The summed E-state index contributed by atoms with van der Waals surface area (Å²) in [5.74, 6) is 0. The van der Waals surface area contributed by atoms with Gasteiger partial charge in [-0.15, -0.1) is 0 Å². The minimum Gasteiger partial charge on any atom is -0.207 e. The highest BCUT2D eigenvalue weighted by Crippen LogP contribution is 2.30. The van der Waals surface area contributed by atoms with E-state index in [-0.39, 0.29) is 21.4 Å². The van der Waals surface area contributed by atoms with Crippen LogP contribution in [-0.2, 0) is 10.0 Å². The molecule has 0 heterocycles. The first-order valence-corrected chi connectivity index (χ1v) is 8.01. The van der Waals surface area contributed by atoms with Gasteiger partial charge < -0.3 is 0 Å². The van der Waals surface area contributed by atoms with E-state index < -0.39 is 10.0 Å². The van der Waals surface area contributed by atoms with E-state index >= 15 is 0 Å². The smallest absolute Gasteiger partial charge is 0.207 e. The molecule has 110 valence electrons. The summed E-state index contributed by atoms with van der Waals surface area (Å²) in [5.41, 5.74) is 0.140. The van der Waals surface area contributed by atoms with Gasteiger partial charge in [0.25, 0.3) is 0 Å². The van der Waals surface area contributed by atoms with Crippen LogP contribution in [0.4, 0.5) is 0 Å². The topological polar surface area (TPSA) is 61.2 Å². The van der Waals surface area contributed by atoms with Gasteiger partial charge in [-0.1, -0.05) is 32.4 Å². The van der Waals surface area contributed by atoms with Crippen LogP contribution < -0.4 is 0 Å². The molecule has 0 saturated heterocycles. The molecule has 0 N–H and O–H groups in total. The first-order valence-electron chi connectivity index (χ1n) is 6.19. The lowest BCUT2D eigenvalue weighted by Crippen LogP contribution is -2.42. The van der Waals surface area contributed by atoms with Crippen LogP contribution in [0.3, 0.4) is 0 Å². The lowest BCUT2D eigenvalue weighted by atomic mass is 9.88. The van der Waals surface area contributed by atoms with E-state index in [1.54, 1.807) is 7.05 Å². The van der Waals surface area contributed by atoms with E-state index in [9.17, 15) is 8.42 Å². The number of sulfonamides is 1. The Morgan fingerprint density at radius 2 is 1.90 bits per heavy atom. The van der Waals surface area contributed by atoms with Gasteiger partial charge in [0.05, 0.1) is 16.7 Å². The molecule has 0 aliphatic heterocycles. The zero-order valence-electron chi connectivity index (χ0n) is 12.3. The number of halogens is 1. The molecule has 0 bridgehead atoms. The highest BCUT2D eigenvalue weighted by Gasteiger charge is 2.33. The summed E-state index contributed by atoms with van der Waals surface area (Å²) < 4.78 is 26.5. The van der Waals surface area contributed by atoms with Gasteiger partial charge in [-0.05, 0) is 30.5 Å². The third kappa shape index (κ3) is 3.32. The number of rotatable bonds is 3. The molecule has 1 rings (SSSR count). The van der Waals surface area contributed by atoms with Crippen LogP contribution in [0.25, 0.3) is 0 Å². The Labute approximate surface area is 126 Å². The lowest BCUT2D eigenvalue weighted by molar-refractivity contribution is 0.216. The molecule has 6 heteroatoms. The van der Waals surface area contributed by atoms with E-state index in [1.165, 1.54) is 22.5 Å². The van der Waals surface area contributed by atoms with Crippen molar-refractivity contribution in [3.63, 3.8) is 0 Å². The fourth-order valence-electron chi connectivity index (χ4n) is 1.69. The average molecular weight is 315 g/mol. The maximum atomic E-state index is 12.6. The molecule has 0 saturated carbocycles. The molecule has 20 heavy (non-hydrogen) atoms. The molecular formula is C14H19ClN2O2S. The summed E-state index contributed by atoms with van der Waals surface area (Å²) >= 11 is 6.00. The van der Waals surface area contributed by atoms with Gasteiger partial charge in [0.15, 0.2) is 0 Å². The maximum absolute atomic E-state index is 12.6. The Balaban J connectivity index is 3.28. The van der Waals surface area contributed by atoms with Crippen molar-refractivity contribution >= 4 is 21.6 Å². The molecule has 0 aliphatic rings. The van der Waals surface area contributed by atoms with Crippen LogP contribution in [0, 0.1) is 16.7 Å². The number of benzene rings is 1. The van der Waals surface area contributed by atoms with Crippen molar-refractivity contribution in [2.24, 2.45) is 5.41 Å². The summed E-state index contributed by atoms with van der Waals surface area (Å²) in [6.07, 6.45) is 0. The highest BCUT2D eigenvalue weighted by atomic mass is 35.5. The van der Waals surface area contributed by atoms with Crippen LogP contribution in [0.5, 0.6) is 0 Å². The normalized spacial score (nSPS) is 14.1. The molecule has 0 radical (unpaired) electrons. The lowest BCUT2D eigenvalue weighted by Gasteiger charge is -2.34. The third-order valence-corrected chi connectivity index (χ3v) is 5.93. The molecule has 1 unspecified atom stereocenters. The van der Waals surface area contributed by atoms with Gasteiger partial charge >= 0.3 is 0 Å². The van der Waals surface area contributed by atoms with Crippen LogP contribution in [-0.4, -0.2) is 25.8 Å². The number of nitriles is 1. The second-order valence-electron chi connectivity index (χ2n) is 5.82. The summed E-state index contributed by atoms with van der Waals surface area (Å²) in [6.45, 7) is 7.79. The highest BCUT2D eigenvalue weighted by molar-refractivity contribution is 7.89. The number of hydrogen-bond acceptors (Lipinski definition) is 3. The zero-order valence-corrected chi connectivity index (χ0v) is 13.9. The van der Waals surface area contributed by atoms with Crippen molar-refractivity contribution < 1.29 is 8.42 Å². The predicted molar refractivity (Wildman–Crippen MR) is 80.0 cm³/mol. The number of hydrogen-bond donors (Lipinski definition) is 0. The van der Waals surface area contributed by atoms with Crippen molar-refractivity contribution in [1.29, 1.82) is 5.26 Å². The molecule has 0 aliphatic carbocycles. The van der Waals surface area contributed by atoms with Gasteiger partial charge in [0, 0.05) is 13.1 Å². The van der Waals surface area contributed by atoms with E-state index in [4.69, 9.17) is 16.9 Å². The fraction of sp³-hybridized carbons (Fsp3) is 0.500. The second-order valence-corrected chi connectivity index (χ2v) is 8.19. The minimum absolute atomic E-state index is 0.0248. The van der Waals surface area contributed by atoms with E-state index in [1.807, 2.05) is 33.8 Å². The van der Waals surface area contributed by atoms with Crippen molar-refractivity contribution in [3.8, 4) is 6.07 Å². The molecule has 1 atom stereocenters. The molecule has 1 aromatic rings. The minimum atomic E-state index is -3.69. The molecule has 1 aromatic carbocycles. The van der Waals surface area contributed by atoms with Gasteiger partial charge in [-0.25, -0.2) is 8.42 Å². The van der Waals surface area contributed by atoms with Crippen LogP contribution in [0.1, 0.15) is 33.3 Å². The van der Waals surface area contributed by atoms with Crippen LogP contribution in [0.15, 0.2) is 23.1 Å². The largest absolute Gasteiger partial charge is 0.244 e. The third-order valence-electron chi connectivity index (χ3n) is 3.52. The molecule has 0 aromatic heterocycles. The van der Waals surface area contributed by atoms with E-state index in [2.05, 4.69) is 0 Å². The van der Waals surface area contributed by atoms with E-state index in [0.29, 0.717) is 5.56 Å². The summed E-state index contributed by atoms with van der Waals surface area (Å²) in [4.78, 5) is 0.0248. The quantitative estimate of drug-likeness (QED) is 0.860. The van der Waals surface area contributed by atoms with Crippen molar-refractivity contribution in [1.82, 2.24) is 4.31 Å². The van der Waals surface area contributed by atoms with E-state index in [0.717, 1.165) is 0 Å². The maximum Gasteiger partial charge on any atom is 0.244 e. The molecule has 0 fully saturated rings. The van der Waals surface area contributed by atoms with Gasteiger partial charge in [-0.3, -0.25) is 0 Å². The standard InChI is InChI=1S/C14H19ClN2O2S/c1-10(14(2,3)4)17(5)20(18,19)13-7-6-11(9-16)8-12(13)15/h6-8,10H,1-5H3. The summed E-state index contributed by atoms with van der Waals surface area (Å²) in [5, 5.41) is 8.86. The number of nitrogens with zero attached hydrogens (tertiary/aromatic N) is 2. The van der Waals surface area contributed by atoms with Crippen molar-refractivity contribution in [3.05, 3.63) is 28.8 Å². The Hall–Kier alpha value is -1.09. The fourth-order valence-corrected chi connectivity index (χ4v) is 3.75.